The van der Waals surface area contributed by atoms with Crippen LogP contribution in [-0.2, 0) is 11.3 Å². The van der Waals surface area contributed by atoms with Crippen LogP contribution < -0.4 is 4.90 Å². The van der Waals surface area contributed by atoms with E-state index in [1.54, 1.807) is 11.1 Å². The SMILES string of the molecule is Cc1cc(Cl)cc2sc(N(Cc3ccccn3)C(=O)C3CC3)nc12. The van der Waals surface area contributed by atoms with Gasteiger partial charge in [-0.3, -0.25) is 14.7 Å². The number of nitrogens with zero attached hydrogens (tertiary/aromatic N) is 3. The molecule has 24 heavy (non-hydrogen) atoms. The quantitative estimate of drug-likeness (QED) is 0.685. The van der Waals surface area contributed by atoms with Gasteiger partial charge in [-0.2, -0.15) is 0 Å². The molecule has 4 nitrogen and oxygen atoms in total. The summed E-state index contributed by atoms with van der Waals surface area (Å²) in [5.74, 6) is 0.272. The highest BCUT2D eigenvalue weighted by Crippen LogP contribution is 2.37. The van der Waals surface area contributed by atoms with Crippen molar-refractivity contribution in [2.45, 2.75) is 26.3 Å². The molecule has 0 N–H and O–H groups in total. The van der Waals surface area contributed by atoms with Gasteiger partial charge in [-0.05, 0) is 49.6 Å². The number of carbonyl (C=O) groups excluding carboxylic acids is 1. The lowest BCUT2D eigenvalue weighted by atomic mass is 10.2. The van der Waals surface area contributed by atoms with Crippen LogP contribution in [0.4, 0.5) is 5.13 Å². The van der Waals surface area contributed by atoms with Crippen LogP contribution in [0.25, 0.3) is 10.2 Å². The first-order valence-corrected chi connectivity index (χ1v) is 9.09. The number of pyridine rings is 1. The summed E-state index contributed by atoms with van der Waals surface area (Å²) < 4.78 is 1.00. The Morgan fingerprint density at radius 3 is 2.92 bits per heavy atom. The second kappa shape index (κ2) is 6.15. The zero-order valence-electron chi connectivity index (χ0n) is 13.2. The smallest absolute Gasteiger partial charge is 0.232 e. The maximum Gasteiger partial charge on any atom is 0.232 e. The van der Waals surface area contributed by atoms with E-state index in [1.165, 1.54) is 11.3 Å². The van der Waals surface area contributed by atoms with E-state index in [1.807, 2.05) is 37.3 Å². The molecular formula is C18H16ClN3OS. The van der Waals surface area contributed by atoms with Gasteiger partial charge in [-0.25, -0.2) is 4.98 Å². The molecule has 0 aliphatic heterocycles. The molecule has 1 aliphatic rings. The molecule has 0 spiro atoms. The first-order chi connectivity index (χ1) is 11.6. The number of hydrogen-bond acceptors (Lipinski definition) is 4. The number of aromatic nitrogens is 2. The topological polar surface area (TPSA) is 46.1 Å². The van der Waals surface area contributed by atoms with Crippen LogP contribution in [0.5, 0.6) is 0 Å². The Bertz CT molecular complexity index is 905. The van der Waals surface area contributed by atoms with E-state index in [9.17, 15) is 4.79 Å². The van der Waals surface area contributed by atoms with Crippen LogP contribution in [0, 0.1) is 12.8 Å². The Kier molecular flexibility index (Phi) is 3.98. The monoisotopic (exact) mass is 357 g/mol. The molecule has 0 unspecified atom stereocenters. The summed E-state index contributed by atoms with van der Waals surface area (Å²) in [6.45, 7) is 2.44. The number of hydrogen-bond donors (Lipinski definition) is 0. The standard InChI is InChI=1S/C18H16ClN3OS/c1-11-8-13(19)9-15-16(11)21-18(24-15)22(17(23)12-5-6-12)10-14-4-2-3-7-20-14/h2-4,7-9,12H,5-6,10H2,1H3. The zero-order chi connectivity index (χ0) is 16.7. The lowest BCUT2D eigenvalue weighted by molar-refractivity contribution is -0.119. The van der Waals surface area contributed by atoms with Gasteiger partial charge in [0, 0.05) is 17.1 Å². The number of benzene rings is 1. The molecule has 0 atom stereocenters. The summed E-state index contributed by atoms with van der Waals surface area (Å²) in [4.78, 5) is 23.6. The van der Waals surface area contributed by atoms with Crippen molar-refractivity contribution in [3.63, 3.8) is 0 Å². The summed E-state index contributed by atoms with van der Waals surface area (Å²) in [6, 6.07) is 9.55. The molecule has 0 bridgehead atoms. The molecule has 122 valence electrons. The van der Waals surface area contributed by atoms with Gasteiger partial charge in [0.25, 0.3) is 0 Å². The summed E-state index contributed by atoms with van der Waals surface area (Å²) in [5, 5.41) is 1.41. The maximum absolute atomic E-state index is 12.8. The average molecular weight is 358 g/mol. The summed E-state index contributed by atoms with van der Waals surface area (Å²) in [6.07, 6.45) is 3.68. The molecule has 6 heteroatoms. The van der Waals surface area contributed by atoms with Gasteiger partial charge in [0.1, 0.15) is 0 Å². The van der Waals surface area contributed by atoms with Gasteiger partial charge in [0.15, 0.2) is 5.13 Å². The maximum atomic E-state index is 12.8. The number of halogens is 1. The van der Waals surface area contributed by atoms with Crippen molar-refractivity contribution < 1.29 is 4.79 Å². The molecule has 1 amide bonds. The molecule has 1 saturated carbocycles. The van der Waals surface area contributed by atoms with E-state index in [0.717, 1.165) is 39.4 Å². The van der Waals surface area contributed by atoms with Crippen LogP contribution in [0.2, 0.25) is 5.02 Å². The van der Waals surface area contributed by atoms with Gasteiger partial charge >= 0.3 is 0 Å². The summed E-state index contributed by atoms with van der Waals surface area (Å²) in [7, 11) is 0. The van der Waals surface area contributed by atoms with Crippen LogP contribution in [0.1, 0.15) is 24.1 Å². The highest BCUT2D eigenvalue weighted by molar-refractivity contribution is 7.22. The van der Waals surface area contributed by atoms with E-state index in [0.29, 0.717) is 11.6 Å². The fourth-order valence-electron chi connectivity index (χ4n) is 2.70. The highest BCUT2D eigenvalue weighted by Gasteiger charge is 2.35. The van der Waals surface area contributed by atoms with Gasteiger partial charge in [0.05, 0.1) is 22.5 Å². The van der Waals surface area contributed by atoms with E-state index < -0.39 is 0 Å². The second-order valence-corrected chi connectivity index (χ2v) is 7.53. The minimum Gasteiger partial charge on any atom is -0.282 e. The van der Waals surface area contributed by atoms with Gasteiger partial charge in [-0.1, -0.05) is 29.0 Å². The summed E-state index contributed by atoms with van der Waals surface area (Å²) >= 11 is 7.66. The number of rotatable bonds is 4. The van der Waals surface area contributed by atoms with Crippen molar-refractivity contribution >= 4 is 44.2 Å². The van der Waals surface area contributed by atoms with Gasteiger partial charge < -0.3 is 0 Å². The Morgan fingerprint density at radius 1 is 1.38 bits per heavy atom. The number of carbonyl (C=O) groups is 1. The lowest BCUT2D eigenvalue weighted by Crippen LogP contribution is -2.31. The summed E-state index contributed by atoms with van der Waals surface area (Å²) in [5.41, 5.74) is 2.80. The number of anilines is 1. The largest absolute Gasteiger partial charge is 0.282 e. The first-order valence-electron chi connectivity index (χ1n) is 7.90. The molecule has 4 rings (SSSR count). The Hall–Kier alpha value is -1.98. The molecule has 1 aliphatic carbocycles. The molecular weight excluding hydrogens is 342 g/mol. The van der Waals surface area contributed by atoms with Crippen LogP contribution >= 0.6 is 22.9 Å². The predicted octanol–water partition coefficient (Wildman–Crippen LogP) is 4.60. The molecule has 0 radical (unpaired) electrons. The molecule has 2 aromatic heterocycles. The second-order valence-electron chi connectivity index (χ2n) is 6.09. The number of fused-ring (bicyclic) bond motifs is 1. The Labute approximate surface area is 149 Å². The fraction of sp³-hybridized carbons (Fsp3) is 0.278. The van der Waals surface area contributed by atoms with Crippen LogP contribution in [-0.4, -0.2) is 15.9 Å². The highest BCUT2D eigenvalue weighted by atomic mass is 35.5. The van der Waals surface area contributed by atoms with Gasteiger partial charge in [-0.15, -0.1) is 0 Å². The number of thiazole rings is 1. The van der Waals surface area contributed by atoms with Crippen molar-refractivity contribution in [2.75, 3.05) is 4.90 Å². The third kappa shape index (κ3) is 3.01. The third-order valence-corrected chi connectivity index (χ3v) is 5.35. The number of amides is 1. The predicted molar refractivity (Wildman–Crippen MR) is 97.5 cm³/mol. The van der Waals surface area contributed by atoms with Crippen molar-refractivity contribution in [3.8, 4) is 0 Å². The average Bonchev–Trinajstić information content (AvgIpc) is 3.33. The molecule has 1 aromatic carbocycles. The molecule has 0 saturated heterocycles. The molecule has 3 aromatic rings. The van der Waals surface area contributed by atoms with E-state index in [4.69, 9.17) is 16.6 Å². The Balaban J connectivity index is 1.75. The lowest BCUT2D eigenvalue weighted by Gasteiger charge is -2.19. The van der Waals surface area contributed by atoms with Crippen LogP contribution in [0.3, 0.4) is 0 Å². The minimum atomic E-state index is 0.130. The Morgan fingerprint density at radius 2 is 2.21 bits per heavy atom. The van der Waals surface area contributed by atoms with E-state index in [-0.39, 0.29) is 11.8 Å². The number of aryl methyl sites for hydroxylation is 1. The zero-order valence-corrected chi connectivity index (χ0v) is 14.8. The normalized spacial score (nSPS) is 14.1. The van der Waals surface area contributed by atoms with E-state index in [2.05, 4.69) is 4.98 Å². The van der Waals surface area contributed by atoms with Crippen molar-refractivity contribution in [3.05, 3.63) is 52.8 Å². The molecule has 2 heterocycles. The van der Waals surface area contributed by atoms with Gasteiger partial charge in [0.2, 0.25) is 5.91 Å². The fourth-order valence-corrected chi connectivity index (χ4v) is 4.13. The van der Waals surface area contributed by atoms with Crippen molar-refractivity contribution in [2.24, 2.45) is 5.92 Å². The third-order valence-electron chi connectivity index (χ3n) is 4.11. The van der Waals surface area contributed by atoms with Crippen molar-refractivity contribution in [1.82, 2.24) is 9.97 Å². The first kappa shape index (κ1) is 15.5. The van der Waals surface area contributed by atoms with E-state index >= 15 is 0 Å². The minimum absolute atomic E-state index is 0.130. The molecule has 1 fully saturated rings. The van der Waals surface area contributed by atoms with Crippen molar-refractivity contribution in [1.29, 1.82) is 0 Å². The van der Waals surface area contributed by atoms with Crippen LogP contribution in [0.15, 0.2) is 36.5 Å².